The molecule has 5 heteroatoms. The molecule has 0 aromatic carbocycles. The van der Waals surface area contributed by atoms with Crippen LogP contribution in [0.2, 0.25) is 0 Å². The quantitative estimate of drug-likeness (QED) is 0.914. The van der Waals surface area contributed by atoms with Gasteiger partial charge in [0.15, 0.2) is 0 Å². The minimum Gasteiger partial charge on any atom is -0.480 e. The number of hydrogen-bond donors (Lipinski definition) is 1. The van der Waals surface area contributed by atoms with Gasteiger partial charge in [-0.3, -0.25) is 9.78 Å². The van der Waals surface area contributed by atoms with E-state index in [9.17, 15) is 4.79 Å². The molecule has 0 atom stereocenters. The van der Waals surface area contributed by atoms with Crippen LogP contribution in [0.5, 0.6) is 5.88 Å². The zero-order valence-corrected chi connectivity index (χ0v) is 11.9. The molecule has 2 aromatic rings. The highest BCUT2D eigenvalue weighted by Crippen LogP contribution is 2.38. The molecule has 1 amide bonds. The predicted molar refractivity (Wildman–Crippen MR) is 78.2 cm³/mol. The molecule has 1 N–H and O–H groups in total. The number of carbonyl (C=O) groups is 1. The van der Waals surface area contributed by atoms with Crippen LogP contribution < -0.4 is 10.1 Å². The van der Waals surface area contributed by atoms with E-state index in [1.807, 2.05) is 18.3 Å². The number of amides is 1. The second kappa shape index (κ2) is 5.91. The summed E-state index contributed by atoms with van der Waals surface area (Å²) in [5.74, 6) is 0.775. The van der Waals surface area contributed by atoms with Crippen molar-refractivity contribution in [2.45, 2.75) is 25.3 Å². The maximum atomic E-state index is 12.1. The van der Waals surface area contributed by atoms with Crippen molar-refractivity contribution in [1.29, 1.82) is 0 Å². The van der Waals surface area contributed by atoms with Crippen LogP contribution in [0.1, 0.15) is 40.4 Å². The van der Waals surface area contributed by atoms with E-state index in [1.54, 1.807) is 18.3 Å². The largest absolute Gasteiger partial charge is 0.480 e. The average Bonchev–Trinajstić information content (AvgIpc) is 3.38. The van der Waals surface area contributed by atoms with Gasteiger partial charge in [-0.15, -0.1) is 0 Å². The van der Waals surface area contributed by atoms with Crippen molar-refractivity contribution in [2.75, 3.05) is 7.11 Å². The summed E-state index contributed by atoms with van der Waals surface area (Å²) < 4.78 is 5.08. The first-order valence-corrected chi connectivity index (χ1v) is 7.00. The molecule has 0 aliphatic heterocycles. The molecule has 5 nitrogen and oxygen atoms in total. The molecule has 0 spiro atoms. The van der Waals surface area contributed by atoms with Crippen LogP contribution in [0.15, 0.2) is 36.7 Å². The SMILES string of the molecule is COc1ncccc1C(=O)NCc1ccc(C2CC2)nc1. The lowest BCUT2D eigenvalue weighted by Crippen LogP contribution is -2.23. The Morgan fingerprint density at radius 2 is 2.19 bits per heavy atom. The zero-order chi connectivity index (χ0) is 14.7. The van der Waals surface area contributed by atoms with E-state index in [-0.39, 0.29) is 5.91 Å². The number of nitrogens with one attached hydrogen (secondary N) is 1. The normalized spacial score (nSPS) is 13.8. The van der Waals surface area contributed by atoms with Gasteiger partial charge >= 0.3 is 0 Å². The van der Waals surface area contributed by atoms with E-state index in [0.29, 0.717) is 23.9 Å². The molecule has 108 valence electrons. The Kier molecular flexibility index (Phi) is 3.81. The van der Waals surface area contributed by atoms with Crippen molar-refractivity contribution in [3.63, 3.8) is 0 Å². The number of pyridine rings is 2. The first-order chi connectivity index (χ1) is 10.3. The number of aromatic nitrogens is 2. The van der Waals surface area contributed by atoms with Crippen molar-refractivity contribution in [1.82, 2.24) is 15.3 Å². The molecule has 0 radical (unpaired) electrons. The molecule has 2 heterocycles. The third kappa shape index (κ3) is 3.18. The van der Waals surface area contributed by atoms with Crippen LogP contribution in [-0.2, 0) is 6.54 Å². The molecule has 1 aliphatic carbocycles. The Bertz CT molecular complexity index is 636. The lowest BCUT2D eigenvalue weighted by atomic mass is 10.2. The summed E-state index contributed by atoms with van der Waals surface area (Å²) in [6.45, 7) is 0.439. The van der Waals surface area contributed by atoms with Crippen molar-refractivity contribution < 1.29 is 9.53 Å². The van der Waals surface area contributed by atoms with Crippen LogP contribution in [0.4, 0.5) is 0 Å². The molecule has 21 heavy (non-hydrogen) atoms. The highest BCUT2D eigenvalue weighted by molar-refractivity contribution is 5.96. The van der Waals surface area contributed by atoms with E-state index >= 15 is 0 Å². The number of rotatable bonds is 5. The summed E-state index contributed by atoms with van der Waals surface area (Å²) in [4.78, 5) is 20.6. The highest BCUT2D eigenvalue weighted by atomic mass is 16.5. The maximum Gasteiger partial charge on any atom is 0.257 e. The number of methoxy groups -OCH3 is 1. The fourth-order valence-corrected chi connectivity index (χ4v) is 2.16. The predicted octanol–water partition coefficient (Wildman–Crippen LogP) is 2.29. The smallest absolute Gasteiger partial charge is 0.257 e. The van der Waals surface area contributed by atoms with E-state index in [2.05, 4.69) is 15.3 Å². The topological polar surface area (TPSA) is 64.1 Å². The maximum absolute atomic E-state index is 12.1. The lowest BCUT2D eigenvalue weighted by Gasteiger charge is -2.08. The van der Waals surface area contributed by atoms with Crippen molar-refractivity contribution >= 4 is 5.91 Å². The summed E-state index contributed by atoms with van der Waals surface area (Å²) in [5, 5.41) is 2.86. The number of nitrogens with zero attached hydrogens (tertiary/aromatic N) is 2. The van der Waals surface area contributed by atoms with Crippen molar-refractivity contribution in [2.24, 2.45) is 0 Å². The van der Waals surface area contributed by atoms with Gasteiger partial charge in [0.25, 0.3) is 5.91 Å². The van der Waals surface area contributed by atoms with Gasteiger partial charge in [0.1, 0.15) is 5.56 Å². The number of ether oxygens (including phenoxy) is 1. The van der Waals surface area contributed by atoms with Crippen molar-refractivity contribution in [3.05, 3.63) is 53.5 Å². The third-order valence-electron chi connectivity index (χ3n) is 3.51. The summed E-state index contributed by atoms with van der Waals surface area (Å²) >= 11 is 0. The monoisotopic (exact) mass is 283 g/mol. The molecule has 2 aromatic heterocycles. The van der Waals surface area contributed by atoms with Gasteiger partial charge in [0.2, 0.25) is 5.88 Å². The Balaban J connectivity index is 1.62. The van der Waals surface area contributed by atoms with Gasteiger partial charge in [-0.25, -0.2) is 4.98 Å². The summed E-state index contributed by atoms with van der Waals surface area (Å²) in [7, 11) is 1.50. The van der Waals surface area contributed by atoms with Gasteiger partial charge in [0, 0.05) is 30.6 Å². The van der Waals surface area contributed by atoms with E-state index in [1.165, 1.54) is 20.0 Å². The highest BCUT2D eigenvalue weighted by Gasteiger charge is 2.24. The fraction of sp³-hybridized carbons (Fsp3) is 0.312. The molecule has 0 saturated heterocycles. The van der Waals surface area contributed by atoms with E-state index < -0.39 is 0 Å². The molecule has 1 saturated carbocycles. The van der Waals surface area contributed by atoms with Crippen molar-refractivity contribution in [3.8, 4) is 5.88 Å². The van der Waals surface area contributed by atoms with Crippen LogP contribution in [0.25, 0.3) is 0 Å². The first kappa shape index (κ1) is 13.5. The summed E-state index contributed by atoms with van der Waals surface area (Å²) in [5.41, 5.74) is 2.57. The summed E-state index contributed by atoms with van der Waals surface area (Å²) in [6, 6.07) is 7.46. The minimum atomic E-state index is -0.203. The van der Waals surface area contributed by atoms with Gasteiger partial charge < -0.3 is 10.1 Å². The number of carbonyl (C=O) groups excluding carboxylic acids is 1. The Hall–Kier alpha value is -2.43. The third-order valence-corrected chi connectivity index (χ3v) is 3.51. The first-order valence-electron chi connectivity index (χ1n) is 7.00. The molecular weight excluding hydrogens is 266 g/mol. The fourth-order valence-electron chi connectivity index (χ4n) is 2.16. The van der Waals surface area contributed by atoms with Gasteiger partial charge in [-0.2, -0.15) is 0 Å². The standard InChI is InChI=1S/C16H17N3O2/c1-21-16-13(3-2-8-17-16)15(20)19-10-11-4-7-14(18-9-11)12-5-6-12/h2-4,7-9,12H,5-6,10H2,1H3,(H,19,20). The zero-order valence-electron chi connectivity index (χ0n) is 11.9. The van der Waals surface area contributed by atoms with Crippen LogP contribution in [0.3, 0.4) is 0 Å². The second-order valence-electron chi connectivity index (χ2n) is 5.11. The van der Waals surface area contributed by atoms with Gasteiger partial charge in [0.05, 0.1) is 7.11 Å². The lowest BCUT2D eigenvalue weighted by molar-refractivity contribution is 0.0947. The second-order valence-corrected chi connectivity index (χ2v) is 5.11. The Morgan fingerprint density at radius 1 is 1.33 bits per heavy atom. The molecule has 1 fully saturated rings. The van der Waals surface area contributed by atoms with Crippen LogP contribution in [0, 0.1) is 0 Å². The van der Waals surface area contributed by atoms with Gasteiger partial charge in [-0.05, 0) is 36.6 Å². The average molecular weight is 283 g/mol. The van der Waals surface area contributed by atoms with E-state index in [0.717, 1.165) is 11.3 Å². The molecule has 0 unspecified atom stereocenters. The molecule has 1 aliphatic rings. The number of hydrogen-bond acceptors (Lipinski definition) is 4. The molecule has 0 bridgehead atoms. The summed E-state index contributed by atoms with van der Waals surface area (Å²) in [6.07, 6.45) is 5.90. The Morgan fingerprint density at radius 3 is 2.86 bits per heavy atom. The van der Waals surface area contributed by atoms with E-state index in [4.69, 9.17) is 4.74 Å². The molecular formula is C16H17N3O2. The van der Waals surface area contributed by atoms with Crippen LogP contribution in [-0.4, -0.2) is 23.0 Å². The molecule has 3 rings (SSSR count). The Labute approximate surface area is 123 Å². The van der Waals surface area contributed by atoms with Crippen LogP contribution >= 0.6 is 0 Å². The van der Waals surface area contributed by atoms with Gasteiger partial charge in [-0.1, -0.05) is 6.07 Å². The minimum absolute atomic E-state index is 0.203.